The topological polar surface area (TPSA) is 54.0 Å². The molecule has 1 aromatic rings. The molecule has 0 radical (unpaired) electrons. The van der Waals surface area contributed by atoms with Crippen molar-refractivity contribution < 1.29 is 4.79 Å². The molecule has 0 bridgehead atoms. The van der Waals surface area contributed by atoms with Crippen LogP contribution in [0.4, 0.5) is 0 Å². The molecule has 0 saturated carbocycles. The van der Waals surface area contributed by atoms with E-state index in [2.05, 4.69) is 15.6 Å². The highest BCUT2D eigenvalue weighted by atomic mass is 35.5. The van der Waals surface area contributed by atoms with Crippen LogP contribution in [0.25, 0.3) is 0 Å². The Morgan fingerprint density at radius 1 is 1.43 bits per heavy atom. The van der Waals surface area contributed by atoms with Gasteiger partial charge >= 0.3 is 0 Å². The molecule has 4 nitrogen and oxygen atoms in total. The Morgan fingerprint density at radius 3 is 2.67 bits per heavy atom. The van der Waals surface area contributed by atoms with Crippen molar-refractivity contribution in [1.82, 2.24) is 15.6 Å². The fourth-order valence-electron chi connectivity index (χ4n) is 2.50. The fraction of sp³-hybridized carbons (Fsp3) is 0.714. The molecule has 2 N–H and O–H groups in total. The van der Waals surface area contributed by atoms with Crippen molar-refractivity contribution in [3.05, 3.63) is 16.6 Å². The number of carbonyl (C=O) groups is 1. The number of halogens is 2. The standard InChI is InChI=1S/C14H23N3OS.2ClH/c1-14(2,13-16-9-10-19-13)17-12(18)4-3-11-5-7-15-8-6-11;;/h9-11,15H,3-8H2,1-2H3,(H,17,18);2*1H. The van der Waals surface area contributed by atoms with E-state index in [9.17, 15) is 4.79 Å². The number of hydrogen-bond donors (Lipinski definition) is 2. The van der Waals surface area contributed by atoms with Crippen LogP contribution < -0.4 is 10.6 Å². The van der Waals surface area contributed by atoms with Crippen molar-refractivity contribution in [1.29, 1.82) is 0 Å². The summed E-state index contributed by atoms with van der Waals surface area (Å²) in [5, 5.41) is 9.35. The summed E-state index contributed by atoms with van der Waals surface area (Å²) < 4.78 is 0. The van der Waals surface area contributed by atoms with E-state index in [1.807, 2.05) is 19.2 Å². The number of amides is 1. The van der Waals surface area contributed by atoms with Gasteiger partial charge in [-0.1, -0.05) is 0 Å². The van der Waals surface area contributed by atoms with Crippen LogP contribution in [0, 0.1) is 5.92 Å². The number of thiazole rings is 1. The largest absolute Gasteiger partial charge is 0.345 e. The predicted molar refractivity (Wildman–Crippen MR) is 92.6 cm³/mol. The van der Waals surface area contributed by atoms with Gasteiger partial charge in [-0.25, -0.2) is 4.98 Å². The minimum Gasteiger partial charge on any atom is -0.345 e. The molecule has 1 aliphatic heterocycles. The SMILES string of the molecule is CC(C)(NC(=O)CCC1CCNCC1)c1nccs1.Cl.Cl. The van der Waals surface area contributed by atoms with Gasteiger partial charge in [0.1, 0.15) is 5.01 Å². The molecule has 2 rings (SSSR count). The monoisotopic (exact) mass is 353 g/mol. The zero-order valence-corrected chi connectivity index (χ0v) is 15.0. The Hall–Kier alpha value is -0.360. The normalized spacial score (nSPS) is 15.7. The second-order valence-electron chi connectivity index (χ2n) is 5.74. The molecule has 0 aliphatic carbocycles. The van der Waals surface area contributed by atoms with Gasteiger partial charge in [-0.05, 0) is 52.1 Å². The molecule has 2 heterocycles. The van der Waals surface area contributed by atoms with Crippen LogP contribution in [-0.2, 0) is 10.3 Å². The highest BCUT2D eigenvalue weighted by molar-refractivity contribution is 7.09. The first-order chi connectivity index (χ1) is 9.08. The molecule has 0 spiro atoms. The first-order valence-corrected chi connectivity index (χ1v) is 7.87. The van der Waals surface area contributed by atoms with Gasteiger partial charge in [0.25, 0.3) is 0 Å². The van der Waals surface area contributed by atoms with E-state index in [1.165, 1.54) is 12.8 Å². The summed E-state index contributed by atoms with van der Waals surface area (Å²) in [7, 11) is 0. The van der Waals surface area contributed by atoms with Crippen molar-refractivity contribution in [2.75, 3.05) is 13.1 Å². The molecule has 1 fully saturated rings. The van der Waals surface area contributed by atoms with Crippen molar-refractivity contribution in [3.63, 3.8) is 0 Å². The smallest absolute Gasteiger partial charge is 0.220 e. The lowest BCUT2D eigenvalue weighted by Crippen LogP contribution is -2.41. The Bertz CT molecular complexity index is 406. The van der Waals surface area contributed by atoms with E-state index in [0.29, 0.717) is 12.3 Å². The van der Waals surface area contributed by atoms with Gasteiger partial charge in [0.2, 0.25) is 5.91 Å². The Labute approximate surface area is 143 Å². The van der Waals surface area contributed by atoms with Gasteiger partial charge < -0.3 is 10.6 Å². The van der Waals surface area contributed by atoms with Gasteiger partial charge in [-0.2, -0.15) is 0 Å². The Kier molecular flexibility index (Phi) is 9.45. The third-order valence-electron chi connectivity index (χ3n) is 3.66. The van der Waals surface area contributed by atoms with Gasteiger partial charge in [-0.15, -0.1) is 36.2 Å². The predicted octanol–water partition coefficient (Wildman–Crippen LogP) is 3.12. The summed E-state index contributed by atoms with van der Waals surface area (Å²) in [6.07, 6.45) is 5.80. The molecule has 7 heteroatoms. The average Bonchev–Trinajstić information content (AvgIpc) is 2.92. The Balaban J connectivity index is 0.00000200. The number of rotatable bonds is 5. The van der Waals surface area contributed by atoms with E-state index in [4.69, 9.17) is 0 Å². The lowest BCUT2D eigenvalue weighted by atomic mass is 9.93. The summed E-state index contributed by atoms with van der Waals surface area (Å²) in [5.41, 5.74) is -0.362. The number of hydrogen-bond acceptors (Lipinski definition) is 4. The second-order valence-corrected chi connectivity index (χ2v) is 6.64. The van der Waals surface area contributed by atoms with Crippen LogP contribution in [0.5, 0.6) is 0 Å². The molecular formula is C14H25Cl2N3OS. The molecule has 21 heavy (non-hydrogen) atoms. The maximum atomic E-state index is 12.0. The summed E-state index contributed by atoms with van der Waals surface area (Å²) in [4.78, 5) is 16.3. The van der Waals surface area contributed by atoms with Crippen molar-refractivity contribution in [2.24, 2.45) is 5.92 Å². The van der Waals surface area contributed by atoms with Crippen LogP contribution in [-0.4, -0.2) is 24.0 Å². The zero-order valence-electron chi connectivity index (χ0n) is 12.6. The van der Waals surface area contributed by atoms with E-state index >= 15 is 0 Å². The highest BCUT2D eigenvalue weighted by Crippen LogP contribution is 2.23. The van der Waals surface area contributed by atoms with Crippen LogP contribution >= 0.6 is 36.2 Å². The van der Waals surface area contributed by atoms with E-state index in [-0.39, 0.29) is 36.3 Å². The maximum Gasteiger partial charge on any atom is 0.220 e. The minimum atomic E-state index is -0.362. The molecule has 1 amide bonds. The van der Waals surface area contributed by atoms with Crippen LogP contribution in [0.15, 0.2) is 11.6 Å². The van der Waals surface area contributed by atoms with Crippen molar-refractivity contribution >= 4 is 42.1 Å². The van der Waals surface area contributed by atoms with E-state index < -0.39 is 0 Å². The third kappa shape index (κ3) is 6.51. The molecule has 1 saturated heterocycles. The molecule has 1 aromatic heterocycles. The first-order valence-electron chi connectivity index (χ1n) is 6.99. The number of nitrogens with zero attached hydrogens (tertiary/aromatic N) is 1. The first kappa shape index (κ1) is 20.6. The molecule has 0 aromatic carbocycles. The average molecular weight is 354 g/mol. The van der Waals surface area contributed by atoms with Crippen LogP contribution in [0.2, 0.25) is 0 Å². The fourth-order valence-corrected chi connectivity index (χ4v) is 3.22. The van der Waals surface area contributed by atoms with Gasteiger partial charge in [-0.3, -0.25) is 4.79 Å². The molecule has 1 aliphatic rings. The number of carbonyl (C=O) groups excluding carboxylic acids is 1. The van der Waals surface area contributed by atoms with Crippen LogP contribution in [0.1, 0.15) is 44.5 Å². The highest BCUT2D eigenvalue weighted by Gasteiger charge is 2.25. The van der Waals surface area contributed by atoms with Crippen molar-refractivity contribution in [3.8, 4) is 0 Å². The number of piperidine rings is 1. The lowest BCUT2D eigenvalue weighted by molar-refractivity contribution is -0.123. The summed E-state index contributed by atoms with van der Waals surface area (Å²) in [6, 6.07) is 0. The minimum absolute atomic E-state index is 0. The maximum absolute atomic E-state index is 12.0. The number of nitrogens with one attached hydrogen (secondary N) is 2. The van der Waals surface area contributed by atoms with E-state index in [0.717, 1.165) is 24.5 Å². The van der Waals surface area contributed by atoms with Gasteiger partial charge in [0.15, 0.2) is 0 Å². The second kappa shape index (κ2) is 9.62. The molecule has 122 valence electrons. The molecular weight excluding hydrogens is 329 g/mol. The van der Waals surface area contributed by atoms with Gasteiger partial charge in [0.05, 0.1) is 5.54 Å². The third-order valence-corrected chi connectivity index (χ3v) is 4.75. The van der Waals surface area contributed by atoms with Crippen LogP contribution in [0.3, 0.4) is 0 Å². The van der Waals surface area contributed by atoms with Gasteiger partial charge in [0, 0.05) is 18.0 Å². The lowest BCUT2D eigenvalue weighted by Gasteiger charge is -2.25. The summed E-state index contributed by atoms with van der Waals surface area (Å²) >= 11 is 1.58. The zero-order chi connectivity index (χ0) is 13.7. The Morgan fingerprint density at radius 2 is 2.10 bits per heavy atom. The van der Waals surface area contributed by atoms with Crippen molar-refractivity contribution in [2.45, 2.75) is 45.1 Å². The van der Waals surface area contributed by atoms with E-state index in [1.54, 1.807) is 17.5 Å². The number of aromatic nitrogens is 1. The molecule has 0 atom stereocenters. The molecule has 0 unspecified atom stereocenters. The quantitative estimate of drug-likeness (QED) is 0.854. The summed E-state index contributed by atoms with van der Waals surface area (Å²) in [5.74, 6) is 0.841. The summed E-state index contributed by atoms with van der Waals surface area (Å²) in [6.45, 7) is 6.20.